The highest BCUT2D eigenvalue weighted by Gasteiger charge is 2.35. The van der Waals surface area contributed by atoms with Gasteiger partial charge in [0.05, 0.1) is 11.3 Å². The van der Waals surface area contributed by atoms with E-state index in [1.165, 1.54) is 19.4 Å². The molecule has 0 bridgehead atoms. The first-order chi connectivity index (χ1) is 9.20. The quantitative estimate of drug-likeness (QED) is 0.797. The van der Waals surface area contributed by atoms with Gasteiger partial charge >= 0.3 is 0 Å². The Balaban J connectivity index is 1.94. The maximum atomic E-state index is 9.39. The highest BCUT2D eigenvalue weighted by molar-refractivity contribution is 9.10. The molecule has 0 N–H and O–H groups in total. The van der Waals surface area contributed by atoms with Gasteiger partial charge in [-0.25, -0.2) is 0 Å². The molecule has 100 valence electrons. The van der Waals surface area contributed by atoms with Gasteiger partial charge in [0.2, 0.25) is 0 Å². The molecule has 0 amide bonds. The fourth-order valence-corrected chi connectivity index (χ4v) is 3.83. The summed E-state index contributed by atoms with van der Waals surface area (Å²) in [5.41, 5.74) is 1.84. The minimum atomic E-state index is 0.468. The molecule has 3 nitrogen and oxygen atoms in total. The third-order valence-electron chi connectivity index (χ3n) is 4.35. The maximum Gasteiger partial charge on any atom is 0.103 e. The summed E-state index contributed by atoms with van der Waals surface area (Å²) in [7, 11) is 0. The number of halogens is 1. The molecule has 2 saturated heterocycles. The van der Waals surface area contributed by atoms with Crippen molar-refractivity contribution in [2.75, 3.05) is 24.5 Å². The lowest BCUT2D eigenvalue weighted by molar-refractivity contribution is 0.203. The van der Waals surface area contributed by atoms with Gasteiger partial charge in [0.25, 0.3) is 0 Å². The van der Waals surface area contributed by atoms with Crippen LogP contribution >= 0.6 is 15.9 Å². The van der Waals surface area contributed by atoms with Crippen molar-refractivity contribution in [2.45, 2.75) is 31.8 Å². The van der Waals surface area contributed by atoms with Crippen LogP contribution in [0.15, 0.2) is 22.7 Å². The molecule has 2 aliphatic heterocycles. The van der Waals surface area contributed by atoms with Crippen LogP contribution in [0.25, 0.3) is 0 Å². The van der Waals surface area contributed by atoms with Crippen molar-refractivity contribution in [3.8, 4) is 6.07 Å². The molecule has 0 aliphatic carbocycles. The molecule has 2 unspecified atom stereocenters. The first kappa shape index (κ1) is 13.0. The van der Waals surface area contributed by atoms with Crippen molar-refractivity contribution in [2.24, 2.45) is 0 Å². The number of nitrogens with zero attached hydrogens (tertiary/aromatic N) is 3. The Bertz CT molecular complexity index is 523. The average Bonchev–Trinajstić information content (AvgIpc) is 2.84. The van der Waals surface area contributed by atoms with Gasteiger partial charge in [-0.3, -0.25) is 4.90 Å². The van der Waals surface area contributed by atoms with E-state index in [9.17, 15) is 5.26 Å². The Morgan fingerprint density at radius 1 is 1.37 bits per heavy atom. The molecule has 4 heteroatoms. The highest BCUT2D eigenvalue weighted by Crippen LogP contribution is 2.33. The second kappa shape index (κ2) is 5.15. The molecule has 1 aromatic rings. The number of rotatable bonds is 1. The van der Waals surface area contributed by atoms with E-state index in [2.05, 4.69) is 44.8 Å². The fraction of sp³-hybridized carbons (Fsp3) is 0.533. The molecule has 0 radical (unpaired) electrons. The molecule has 0 saturated carbocycles. The van der Waals surface area contributed by atoms with E-state index in [0.717, 1.165) is 28.8 Å². The van der Waals surface area contributed by atoms with E-state index in [1.54, 1.807) is 0 Å². The van der Waals surface area contributed by atoms with Crippen molar-refractivity contribution in [1.29, 1.82) is 5.26 Å². The molecule has 0 aromatic heterocycles. The van der Waals surface area contributed by atoms with E-state index in [1.807, 2.05) is 12.1 Å². The number of hydrogen-bond acceptors (Lipinski definition) is 3. The summed E-state index contributed by atoms with van der Waals surface area (Å²) in [6.45, 7) is 5.66. The summed E-state index contributed by atoms with van der Waals surface area (Å²) in [6, 6.07) is 9.51. The summed E-state index contributed by atoms with van der Waals surface area (Å²) in [5, 5.41) is 9.39. The van der Waals surface area contributed by atoms with Crippen molar-refractivity contribution >= 4 is 21.6 Å². The Morgan fingerprint density at radius 2 is 2.21 bits per heavy atom. The van der Waals surface area contributed by atoms with E-state index in [-0.39, 0.29) is 0 Å². The summed E-state index contributed by atoms with van der Waals surface area (Å²) >= 11 is 3.49. The largest absolute Gasteiger partial charge is 0.365 e. The lowest BCUT2D eigenvalue weighted by Crippen LogP contribution is -2.55. The van der Waals surface area contributed by atoms with Crippen LogP contribution in [0.5, 0.6) is 0 Å². The molecular formula is C15H18BrN3. The summed E-state index contributed by atoms with van der Waals surface area (Å²) in [6.07, 6.45) is 2.61. The number of piperazine rings is 1. The SMILES string of the molecule is CC1CN2CCCC2CN1c1cccc(Br)c1C#N. The van der Waals surface area contributed by atoms with Crippen molar-refractivity contribution in [1.82, 2.24) is 4.90 Å². The van der Waals surface area contributed by atoms with Gasteiger partial charge in [-0.2, -0.15) is 5.26 Å². The second-order valence-electron chi connectivity index (χ2n) is 5.54. The highest BCUT2D eigenvalue weighted by atomic mass is 79.9. The van der Waals surface area contributed by atoms with Crippen molar-refractivity contribution in [3.63, 3.8) is 0 Å². The normalized spacial score (nSPS) is 27.1. The van der Waals surface area contributed by atoms with Crippen molar-refractivity contribution in [3.05, 3.63) is 28.2 Å². The average molecular weight is 320 g/mol. The van der Waals surface area contributed by atoms with Crippen LogP contribution in [0.1, 0.15) is 25.3 Å². The smallest absolute Gasteiger partial charge is 0.103 e. The van der Waals surface area contributed by atoms with Gasteiger partial charge in [-0.05, 0) is 54.4 Å². The van der Waals surface area contributed by atoms with Crippen molar-refractivity contribution < 1.29 is 0 Å². The zero-order valence-electron chi connectivity index (χ0n) is 11.1. The topological polar surface area (TPSA) is 30.3 Å². The van der Waals surface area contributed by atoms with Crippen LogP contribution in [0.2, 0.25) is 0 Å². The van der Waals surface area contributed by atoms with Crippen LogP contribution in [0, 0.1) is 11.3 Å². The second-order valence-corrected chi connectivity index (χ2v) is 6.39. The number of benzene rings is 1. The molecule has 0 spiro atoms. The fourth-order valence-electron chi connectivity index (χ4n) is 3.39. The third kappa shape index (κ3) is 2.26. The minimum Gasteiger partial charge on any atom is -0.365 e. The van der Waals surface area contributed by atoms with E-state index in [4.69, 9.17) is 0 Å². The molecule has 2 atom stereocenters. The van der Waals surface area contributed by atoms with Crippen LogP contribution in [0.3, 0.4) is 0 Å². The zero-order chi connectivity index (χ0) is 13.4. The van der Waals surface area contributed by atoms with Gasteiger partial charge in [0.15, 0.2) is 0 Å². The standard InChI is InChI=1S/C15H18BrN3/c1-11-9-18-7-3-4-12(18)10-19(11)15-6-2-5-14(16)13(15)8-17/h2,5-6,11-12H,3-4,7,9-10H2,1H3. The van der Waals surface area contributed by atoms with E-state index in [0.29, 0.717) is 12.1 Å². The number of hydrogen-bond donors (Lipinski definition) is 0. The molecule has 1 aromatic carbocycles. The monoisotopic (exact) mass is 319 g/mol. The number of anilines is 1. The summed E-state index contributed by atoms with van der Waals surface area (Å²) in [4.78, 5) is 5.01. The van der Waals surface area contributed by atoms with Gasteiger partial charge < -0.3 is 4.90 Å². The van der Waals surface area contributed by atoms with Gasteiger partial charge in [-0.15, -0.1) is 0 Å². The minimum absolute atomic E-state index is 0.468. The molecular weight excluding hydrogens is 302 g/mol. The number of nitriles is 1. The lowest BCUT2D eigenvalue weighted by Gasteiger charge is -2.44. The van der Waals surface area contributed by atoms with Crippen LogP contribution < -0.4 is 4.90 Å². The van der Waals surface area contributed by atoms with Crippen LogP contribution in [0.4, 0.5) is 5.69 Å². The van der Waals surface area contributed by atoms with Crippen LogP contribution in [-0.2, 0) is 0 Å². The predicted molar refractivity (Wildman–Crippen MR) is 80.3 cm³/mol. The first-order valence-corrected chi connectivity index (χ1v) is 7.69. The number of fused-ring (bicyclic) bond motifs is 1. The molecule has 2 fully saturated rings. The zero-order valence-corrected chi connectivity index (χ0v) is 12.7. The molecule has 2 aliphatic rings. The summed E-state index contributed by atoms with van der Waals surface area (Å²) < 4.78 is 0.897. The van der Waals surface area contributed by atoms with Gasteiger partial charge in [0.1, 0.15) is 6.07 Å². The molecule has 2 heterocycles. The molecule has 19 heavy (non-hydrogen) atoms. The predicted octanol–water partition coefficient (Wildman–Crippen LogP) is 2.99. The van der Waals surface area contributed by atoms with Gasteiger partial charge in [0, 0.05) is 29.6 Å². The first-order valence-electron chi connectivity index (χ1n) is 6.90. The Hall–Kier alpha value is -1.05. The van der Waals surface area contributed by atoms with Crippen LogP contribution in [-0.4, -0.2) is 36.6 Å². The van der Waals surface area contributed by atoms with E-state index < -0.39 is 0 Å². The Kier molecular flexibility index (Phi) is 3.51. The molecule has 3 rings (SSSR count). The Morgan fingerprint density at radius 3 is 3.00 bits per heavy atom. The van der Waals surface area contributed by atoms with Gasteiger partial charge in [-0.1, -0.05) is 6.07 Å². The third-order valence-corrected chi connectivity index (χ3v) is 5.01. The van der Waals surface area contributed by atoms with E-state index >= 15 is 0 Å². The summed E-state index contributed by atoms with van der Waals surface area (Å²) in [5.74, 6) is 0. The maximum absolute atomic E-state index is 9.39. The lowest BCUT2D eigenvalue weighted by atomic mass is 10.0. The Labute approximate surface area is 122 Å².